The minimum atomic E-state index is -2.61. The molecule has 0 aliphatic rings. The molecule has 8 nitrogen and oxygen atoms in total. The highest BCUT2D eigenvalue weighted by Crippen LogP contribution is 1.96. The van der Waals surface area contributed by atoms with Gasteiger partial charge in [0, 0.05) is 0 Å². The SMILES string of the molecule is O=C[C@H](O)[C@@H](O)[C@H](O)CO.O=S(O)O. The molecule has 0 aliphatic carbocycles. The van der Waals surface area contributed by atoms with Crippen LogP contribution in [0.25, 0.3) is 0 Å². The first kappa shape index (κ1) is 16.0. The van der Waals surface area contributed by atoms with Crippen molar-refractivity contribution in [2.75, 3.05) is 6.61 Å². The van der Waals surface area contributed by atoms with E-state index in [1.807, 2.05) is 0 Å². The van der Waals surface area contributed by atoms with Gasteiger partial charge >= 0.3 is 0 Å². The number of aliphatic hydroxyl groups is 4. The molecule has 0 saturated carbocycles. The van der Waals surface area contributed by atoms with Gasteiger partial charge in [-0.15, -0.1) is 0 Å². The zero-order valence-electron chi connectivity index (χ0n) is 6.92. The highest BCUT2D eigenvalue weighted by molar-refractivity contribution is 7.73. The molecule has 3 atom stereocenters. The molecule has 0 aromatic heterocycles. The lowest BCUT2D eigenvalue weighted by Crippen LogP contribution is -2.40. The summed E-state index contributed by atoms with van der Waals surface area (Å²) in [5, 5.41) is 34.1. The first-order chi connectivity index (χ1) is 6.36. The minimum Gasteiger partial charge on any atom is -0.394 e. The van der Waals surface area contributed by atoms with Crippen LogP contribution in [0.3, 0.4) is 0 Å². The first-order valence-electron chi connectivity index (χ1n) is 3.27. The van der Waals surface area contributed by atoms with E-state index in [2.05, 4.69) is 0 Å². The van der Waals surface area contributed by atoms with Gasteiger partial charge in [0.2, 0.25) is 0 Å². The Labute approximate surface area is 81.9 Å². The van der Waals surface area contributed by atoms with Gasteiger partial charge in [0.1, 0.15) is 18.3 Å². The lowest BCUT2D eigenvalue weighted by atomic mass is 10.1. The summed E-state index contributed by atoms with van der Waals surface area (Å²) < 4.78 is 22.8. The van der Waals surface area contributed by atoms with E-state index in [9.17, 15) is 4.79 Å². The highest BCUT2D eigenvalue weighted by atomic mass is 32.2. The quantitative estimate of drug-likeness (QED) is 0.220. The predicted octanol–water partition coefficient (Wildman–Crippen LogP) is -3.06. The van der Waals surface area contributed by atoms with Gasteiger partial charge in [-0.25, -0.2) is 0 Å². The summed E-state index contributed by atoms with van der Waals surface area (Å²) in [7, 11) is 0. The van der Waals surface area contributed by atoms with Crippen molar-refractivity contribution in [2.45, 2.75) is 18.3 Å². The van der Waals surface area contributed by atoms with Crippen LogP contribution in [-0.2, 0) is 16.2 Å². The topological polar surface area (TPSA) is 156 Å². The van der Waals surface area contributed by atoms with Crippen LogP contribution in [-0.4, -0.2) is 64.9 Å². The summed E-state index contributed by atoms with van der Waals surface area (Å²) in [4.78, 5) is 9.76. The third-order valence-corrected chi connectivity index (χ3v) is 1.07. The number of hydrogen-bond acceptors (Lipinski definition) is 6. The largest absolute Gasteiger partial charge is 0.394 e. The van der Waals surface area contributed by atoms with Crippen molar-refractivity contribution in [3.63, 3.8) is 0 Å². The standard InChI is InChI=1S/C5H10O5.H2O3S/c6-1-3(8)5(10)4(9)2-7;1-4(2)3/h1,3-5,7-10H,2H2;(H2,1,2,3)/t3-,4+,5+;/m0./s1. The zero-order chi connectivity index (χ0) is 11.7. The van der Waals surface area contributed by atoms with E-state index >= 15 is 0 Å². The molecule has 0 spiro atoms. The minimum absolute atomic E-state index is 0.0869. The van der Waals surface area contributed by atoms with Crippen molar-refractivity contribution in [2.24, 2.45) is 0 Å². The molecule has 9 heteroatoms. The van der Waals surface area contributed by atoms with Crippen molar-refractivity contribution in [3.8, 4) is 0 Å². The molecule has 0 aromatic carbocycles. The fourth-order valence-electron chi connectivity index (χ4n) is 0.416. The number of aliphatic hydroxyl groups excluding tert-OH is 4. The highest BCUT2D eigenvalue weighted by Gasteiger charge is 2.22. The molecular formula is C5H12O8S. The van der Waals surface area contributed by atoms with Crippen molar-refractivity contribution in [3.05, 3.63) is 0 Å². The van der Waals surface area contributed by atoms with Crippen LogP contribution in [0.15, 0.2) is 0 Å². The lowest BCUT2D eigenvalue weighted by molar-refractivity contribution is -0.127. The summed E-state index contributed by atoms with van der Waals surface area (Å²) in [6.45, 7) is -0.688. The maximum atomic E-state index is 9.76. The third kappa shape index (κ3) is 9.67. The Balaban J connectivity index is 0. The molecule has 0 fully saturated rings. The summed E-state index contributed by atoms with van der Waals surface area (Å²) in [6.07, 6.45) is -4.63. The van der Waals surface area contributed by atoms with E-state index in [1.54, 1.807) is 0 Å². The second kappa shape index (κ2) is 9.15. The Bertz CT molecular complexity index is 169. The summed E-state index contributed by atoms with van der Waals surface area (Å²) >= 11 is -2.61. The molecule has 14 heavy (non-hydrogen) atoms. The lowest BCUT2D eigenvalue weighted by Gasteiger charge is -2.16. The van der Waals surface area contributed by atoms with Gasteiger partial charge in [0.25, 0.3) is 11.4 Å². The molecular weight excluding hydrogens is 220 g/mol. The van der Waals surface area contributed by atoms with Crippen molar-refractivity contribution in [1.82, 2.24) is 0 Å². The van der Waals surface area contributed by atoms with Crippen LogP contribution in [0.1, 0.15) is 0 Å². The molecule has 0 aliphatic heterocycles. The molecule has 0 saturated heterocycles. The van der Waals surface area contributed by atoms with Crippen molar-refractivity contribution in [1.29, 1.82) is 0 Å². The molecule has 0 aromatic rings. The van der Waals surface area contributed by atoms with E-state index in [0.717, 1.165) is 0 Å². The van der Waals surface area contributed by atoms with Crippen LogP contribution in [0.4, 0.5) is 0 Å². The van der Waals surface area contributed by atoms with Gasteiger partial charge in [-0.3, -0.25) is 9.11 Å². The van der Waals surface area contributed by atoms with E-state index in [1.165, 1.54) is 0 Å². The number of carbonyl (C=O) groups is 1. The molecule has 0 unspecified atom stereocenters. The predicted molar refractivity (Wildman–Crippen MR) is 44.6 cm³/mol. The molecule has 6 N–H and O–H groups in total. The maximum Gasteiger partial charge on any atom is 0.299 e. The second-order valence-electron chi connectivity index (χ2n) is 2.10. The Morgan fingerprint density at radius 2 is 1.57 bits per heavy atom. The fourth-order valence-corrected chi connectivity index (χ4v) is 0.416. The summed E-state index contributed by atoms with van der Waals surface area (Å²) in [5.74, 6) is 0. The molecule has 0 rings (SSSR count). The molecule has 0 amide bonds. The second-order valence-corrected chi connectivity index (χ2v) is 2.56. The van der Waals surface area contributed by atoms with Gasteiger partial charge in [-0.05, 0) is 0 Å². The normalized spacial score (nSPS) is 16.5. The molecule has 86 valence electrons. The average molecular weight is 232 g/mol. The molecule has 0 radical (unpaired) electrons. The van der Waals surface area contributed by atoms with Crippen molar-refractivity contribution < 1.29 is 38.5 Å². The Morgan fingerprint density at radius 1 is 1.21 bits per heavy atom. The molecule has 0 heterocycles. The summed E-state index contributed by atoms with van der Waals surface area (Å²) in [5.41, 5.74) is 0. The van der Waals surface area contributed by atoms with E-state index < -0.39 is 36.3 Å². The number of rotatable bonds is 4. The van der Waals surface area contributed by atoms with Crippen LogP contribution in [0.5, 0.6) is 0 Å². The number of hydrogen-bond donors (Lipinski definition) is 6. The van der Waals surface area contributed by atoms with Crippen LogP contribution < -0.4 is 0 Å². The van der Waals surface area contributed by atoms with Crippen LogP contribution in [0, 0.1) is 0 Å². The average Bonchev–Trinajstić information content (AvgIpc) is 2.13. The first-order valence-corrected chi connectivity index (χ1v) is 4.33. The van der Waals surface area contributed by atoms with Crippen LogP contribution in [0.2, 0.25) is 0 Å². The number of carbonyl (C=O) groups excluding carboxylic acids is 1. The van der Waals surface area contributed by atoms with Gasteiger partial charge in [-0.2, -0.15) is 4.21 Å². The smallest absolute Gasteiger partial charge is 0.299 e. The zero-order valence-corrected chi connectivity index (χ0v) is 7.74. The van der Waals surface area contributed by atoms with E-state index in [4.69, 9.17) is 33.7 Å². The van der Waals surface area contributed by atoms with Crippen molar-refractivity contribution >= 4 is 17.6 Å². The monoisotopic (exact) mass is 232 g/mol. The third-order valence-electron chi connectivity index (χ3n) is 1.07. The Morgan fingerprint density at radius 3 is 1.79 bits per heavy atom. The summed E-state index contributed by atoms with van der Waals surface area (Å²) in [6, 6.07) is 0. The Kier molecular flexibility index (Phi) is 10.5. The van der Waals surface area contributed by atoms with E-state index in [-0.39, 0.29) is 6.29 Å². The maximum absolute atomic E-state index is 9.76. The van der Waals surface area contributed by atoms with Gasteiger partial charge < -0.3 is 25.2 Å². The van der Waals surface area contributed by atoms with Gasteiger partial charge in [0.15, 0.2) is 6.29 Å². The molecule has 0 bridgehead atoms. The fraction of sp³-hybridized carbons (Fsp3) is 0.800. The number of aldehydes is 1. The van der Waals surface area contributed by atoms with E-state index in [0.29, 0.717) is 0 Å². The Hall–Kier alpha value is -0.420. The van der Waals surface area contributed by atoms with Gasteiger partial charge in [-0.1, -0.05) is 0 Å². The van der Waals surface area contributed by atoms with Gasteiger partial charge in [0.05, 0.1) is 6.61 Å². The van der Waals surface area contributed by atoms with Crippen LogP contribution >= 0.6 is 0 Å².